The number of rotatable bonds is 3. The van der Waals surface area contributed by atoms with E-state index in [-0.39, 0.29) is 5.84 Å². The number of hydrogen-bond acceptors (Lipinski definition) is 5. The number of carbonyl (C=O) groups is 1. The lowest BCUT2D eigenvalue weighted by Crippen LogP contribution is -2.13. The number of nitrogens with two attached hydrogens (primary N) is 1. The number of fused-ring (bicyclic) bond motifs is 1. The molecule has 0 fully saturated rings. The highest BCUT2D eigenvalue weighted by atomic mass is 16.4. The number of oxime groups is 1. The molecule has 3 heterocycles. The zero-order chi connectivity index (χ0) is 14.8. The average molecular weight is 281 g/mol. The standard InChI is InChI=1S/C14H11N5O2/c15-13(18-21)11-4-12(7-16-6-11)19-2-1-10-3-9(8-20)5-17-14(10)19/h1-8,21H,(H2,15,18). The summed E-state index contributed by atoms with van der Waals surface area (Å²) in [6, 6.07) is 5.34. The first-order valence-corrected chi connectivity index (χ1v) is 6.08. The first-order valence-electron chi connectivity index (χ1n) is 6.08. The molecule has 3 aromatic rings. The van der Waals surface area contributed by atoms with E-state index in [1.54, 1.807) is 18.3 Å². The summed E-state index contributed by atoms with van der Waals surface area (Å²) in [4.78, 5) is 19.1. The third-order valence-electron chi connectivity index (χ3n) is 3.09. The lowest BCUT2D eigenvalue weighted by atomic mass is 10.2. The van der Waals surface area contributed by atoms with E-state index < -0.39 is 0 Å². The van der Waals surface area contributed by atoms with Crippen molar-refractivity contribution in [3.63, 3.8) is 0 Å². The summed E-state index contributed by atoms with van der Waals surface area (Å²) >= 11 is 0. The van der Waals surface area contributed by atoms with Crippen LogP contribution in [0.1, 0.15) is 15.9 Å². The van der Waals surface area contributed by atoms with Gasteiger partial charge in [0.2, 0.25) is 0 Å². The Morgan fingerprint density at radius 3 is 2.95 bits per heavy atom. The van der Waals surface area contributed by atoms with Gasteiger partial charge in [-0.2, -0.15) is 0 Å². The Morgan fingerprint density at radius 2 is 2.19 bits per heavy atom. The monoisotopic (exact) mass is 281 g/mol. The minimum Gasteiger partial charge on any atom is -0.409 e. The van der Waals surface area contributed by atoms with Gasteiger partial charge in [0.05, 0.1) is 11.9 Å². The second-order valence-electron chi connectivity index (χ2n) is 4.40. The highest BCUT2D eigenvalue weighted by Gasteiger charge is 2.08. The zero-order valence-corrected chi connectivity index (χ0v) is 10.8. The predicted molar refractivity (Wildman–Crippen MR) is 76.8 cm³/mol. The van der Waals surface area contributed by atoms with E-state index >= 15 is 0 Å². The molecule has 0 saturated heterocycles. The average Bonchev–Trinajstić information content (AvgIpc) is 2.97. The molecule has 0 aliphatic rings. The molecule has 0 bridgehead atoms. The van der Waals surface area contributed by atoms with Gasteiger partial charge < -0.3 is 10.9 Å². The Labute approximate surface area is 119 Å². The van der Waals surface area contributed by atoms with Crippen LogP contribution in [-0.2, 0) is 0 Å². The van der Waals surface area contributed by atoms with Crippen LogP contribution in [0.15, 0.2) is 48.1 Å². The minimum absolute atomic E-state index is 0.0167. The van der Waals surface area contributed by atoms with Crippen LogP contribution in [0.5, 0.6) is 0 Å². The SMILES string of the molecule is N/C(=N\O)c1cncc(-n2ccc3cc(C=O)cnc32)c1. The maximum atomic E-state index is 10.8. The minimum atomic E-state index is -0.0167. The number of aromatic nitrogens is 3. The van der Waals surface area contributed by atoms with Crippen molar-refractivity contribution in [2.45, 2.75) is 0 Å². The Morgan fingerprint density at radius 1 is 1.33 bits per heavy atom. The lowest BCUT2D eigenvalue weighted by molar-refractivity contribution is 0.112. The Bertz CT molecular complexity index is 853. The maximum absolute atomic E-state index is 10.8. The summed E-state index contributed by atoms with van der Waals surface area (Å²) in [5, 5.41) is 12.5. The molecule has 7 nitrogen and oxygen atoms in total. The fourth-order valence-electron chi connectivity index (χ4n) is 2.07. The third-order valence-corrected chi connectivity index (χ3v) is 3.09. The van der Waals surface area contributed by atoms with Crippen molar-refractivity contribution in [3.05, 3.63) is 54.1 Å². The fraction of sp³-hybridized carbons (Fsp3) is 0. The molecule has 0 aliphatic heterocycles. The Hall–Kier alpha value is -3.22. The quantitative estimate of drug-likeness (QED) is 0.247. The number of pyridine rings is 2. The van der Waals surface area contributed by atoms with Crippen molar-refractivity contribution in [2.24, 2.45) is 10.9 Å². The number of carbonyl (C=O) groups excluding carboxylic acids is 1. The summed E-state index contributed by atoms with van der Waals surface area (Å²) in [6.07, 6.45) is 7.22. The van der Waals surface area contributed by atoms with Crippen LogP contribution >= 0.6 is 0 Å². The zero-order valence-electron chi connectivity index (χ0n) is 10.8. The molecule has 0 aromatic carbocycles. The highest BCUT2D eigenvalue weighted by Crippen LogP contribution is 2.19. The molecular formula is C14H11N5O2. The van der Waals surface area contributed by atoms with Crippen molar-refractivity contribution in [1.82, 2.24) is 14.5 Å². The van der Waals surface area contributed by atoms with Crippen molar-refractivity contribution in [1.29, 1.82) is 0 Å². The number of hydrogen-bond donors (Lipinski definition) is 2. The number of amidine groups is 1. The fourth-order valence-corrected chi connectivity index (χ4v) is 2.07. The first-order chi connectivity index (χ1) is 10.2. The van der Waals surface area contributed by atoms with Gasteiger partial charge in [-0.1, -0.05) is 5.16 Å². The molecule has 7 heteroatoms. The van der Waals surface area contributed by atoms with Gasteiger partial charge in [0, 0.05) is 35.1 Å². The Balaban J connectivity index is 2.14. The van der Waals surface area contributed by atoms with Crippen LogP contribution in [0.2, 0.25) is 0 Å². The number of nitrogens with zero attached hydrogens (tertiary/aromatic N) is 4. The van der Waals surface area contributed by atoms with Crippen LogP contribution in [-0.4, -0.2) is 31.9 Å². The van der Waals surface area contributed by atoms with Gasteiger partial charge in [-0.3, -0.25) is 14.3 Å². The maximum Gasteiger partial charge on any atom is 0.171 e. The molecule has 3 N–H and O–H groups in total. The van der Waals surface area contributed by atoms with E-state index in [2.05, 4.69) is 15.1 Å². The van der Waals surface area contributed by atoms with E-state index in [0.717, 1.165) is 17.4 Å². The van der Waals surface area contributed by atoms with Crippen LogP contribution in [0.4, 0.5) is 0 Å². The van der Waals surface area contributed by atoms with Crippen molar-refractivity contribution < 1.29 is 10.0 Å². The lowest BCUT2D eigenvalue weighted by Gasteiger charge is -2.06. The van der Waals surface area contributed by atoms with Crippen LogP contribution in [0.25, 0.3) is 16.7 Å². The van der Waals surface area contributed by atoms with E-state index in [4.69, 9.17) is 10.9 Å². The molecular weight excluding hydrogens is 270 g/mol. The molecule has 3 aromatic heterocycles. The molecule has 0 radical (unpaired) electrons. The molecule has 0 saturated carbocycles. The van der Waals surface area contributed by atoms with E-state index in [1.807, 2.05) is 16.8 Å². The highest BCUT2D eigenvalue weighted by molar-refractivity contribution is 5.97. The van der Waals surface area contributed by atoms with Crippen molar-refractivity contribution >= 4 is 23.2 Å². The van der Waals surface area contributed by atoms with Gasteiger partial charge in [0.1, 0.15) is 5.65 Å². The summed E-state index contributed by atoms with van der Waals surface area (Å²) in [6.45, 7) is 0. The molecule has 21 heavy (non-hydrogen) atoms. The van der Waals surface area contributed by atoms with Gasteiger partial charge in [0.15, 0.2) is 12.1 Å². The second-order valence-corrected chi connectivity index (χ2v) is 4.40. The van der Waals surface area contributed by atoms with E-state index in [0.29, 0.717) is 16.8 Å². The van der Waals surface area contributed by atoms with Crippen LogP contribution in [0, 0.1) is 0 Å². The van der Waals surface area contributed by atoms with Gasteiger partial charge >= 0.3 is 0 Å². The molecule has 0 aliphatic carbocycles. The third kappa shape index (κ3) is 2.20. The molecule has 0 atom stereocenters. The Kier molecular flexibility index (Phi) is 3.07. The van der Waals surface area contributed by atoms with Gasteiger partial charge in [-0.05, 0) is 18.2 Å². The normalized spacial score (nSPS) is 11.7. The van der Waals surface area contributed by atoms with Crippen molar-refractivity contribution in [2.75, 3.05) is 0 Å². The molecule has 3 rings (SSSR count). The summed E-state index contributed by atoms with van der Waals surface area (Å²) in [7, 11) is 0. The molecule has 104 valence electrons. The molecule has 0 unspecified atom stereocenters. The van der Waals surface area contributed by atoms with Crippen molar-refractivity contribution in [3.8, 4) is 5.69 Å². The largest absolute Gasteiger partial charge is 0.409 e. The van der Waals surface area contributed by atoms with Gasteiger partial charge in [-0.25, -0.2) is 4.98 Å². The molecule has 0 amide bonds. The predicted octanol–water partition coefficient (Wildman–Crippen LogP) is 1.33. The van der Waals surface area contributed by atoms with Gasteiger partial charge in [-0.15, -0.1) is 0 Å². The topological polar surface area (TPSA) is 106 Å². The van der Waals surface area contributed by atoms with E-state index in [1.165, 1.54) is 12.4 Å². The van der Waals surface area contributed by atoms with E-state index in [9.17, 15) is 4.79 Å². The van der Waals surface area contributed by atoms with Crippen LogP contribution < -0.4 is 5.73 Å². The number of aldehydes is 1. The summed E-state index contributed by atoms with van der Waals surface area (Å²) in [5.41, 5.74) is 8.00. The van der Waals surface area contributed by atoms with Gasteiger partial charge in [0.25, 0.3) is 0 Å². The summed E-state index contributed by atoms with van der Waals surface area (Å²) in [5.74, 6) is -0.0167. The summed E-state index contributed by atoms with van der Waals surface area (Å²) < 4.78 is 1.81. The van der Waals surface area contributed by atoms with Crippen LogP contribution in [0.3, 0.4) is 0 Å². The smallest absolute Gasteiger partial charge is 0.171 e. The second kappa shape index (κ2) is 5.04. The molecule has 0 spiro atoms. The first kappa shape index (κ1) is 12.8.